The van der Waals surface area contributed by atoms with E-state index >= 15 is 0 Å². The van der Waals surface area contributed by atoms with Gasteiger partial charge in [-0.15, -0.1) is 0 Å². The Balaban J connectivity index is 1.72. The fourth-order valence-electron chi connectivity index (χ4n) is 3.49. The second-order valence-electron chi connectivity index (χ2n) is 6.34. The van der Waals surface area contributed by atoms with Gasteiger partial charge in [-0.25, -0.2) is 5.43 Å². The fraction of sp³-hybridized carbons (Fsp3) is 0.278. The molecule has 1 saturated heterocycles. The van der Waals surface area contributed by atoms with E-state index in [2.05, 4.69) is 28.0 Å². The molecule has 0 aliphatic carbocycles. The zero-order chi connectivity index (χ0) is 16.8. The van der Waals surface area contributed by atoms with Crippen LogP contribution in [0.1, 0.15) is 44.8 Å². The van der Waals surface area contributed by atoms with E-state index in [1.165, 1.54) is 16.7 Å². The van der Waals surface area contributed by atoms with E-state index in [9.17, 15) is 9.59 Å². The number of carbonyl (C=O) groups is 2. The minimum atomic E-state index is -0.447. The monoisotopic (exact) mass is 322 g/mol. The average molecular weight is 322 g/mol. The molecular weight excluding hydrogens is 304 g/mol. The van der Waals surface area contributed by atoms with Crippen LogP contribution >= 0.6 is 0 Å². The van der Waals surface area contributed by atoms with E-state index in [0.29, 0.717) is 5.56 Å². The Morgan fingerprint density at radius 2 is 1.79 bits per heavy atom. The maximum Gasteiger partial charge on any atom is 0.281 e. The normalized spacial score (nSPS) is 26.1. The molecule has 0 bridgehead atoms. The third kappa shape index (κ3) is 2.15. The van der Waals surface area contributed by atoms with Gasteiger partial charge in [0.1, 0.15) is 11.9 Å². The van der Waals surface area contributed by atoms with Gasteiger partial charge in [-0.2, -0.15) is 0 Å². The van der Waals surface area contributed by atoms with Crippen LogP contribution in [-0.2, 0) is 0 Å². The highest BCUT2D eigenvalue weighted by Crippen LogP contribution is 2.33. The number of benzene rings is 1. The quantitative estimate of drug-likeness (QED) is 0.822. The molecule has 6 nitrogen and oxygen atoms in total. The van der Waals surface area contributed by atoms with Crippen molar-refractivity contribution in [1.29, 1.82) is 0 Å². The van der Waals surface area contributed by atoms with Gasteiger partial charge < -0.3 is 0 Å². The number of aryl methyl sites for hydroxylation is 1. The van der Waals surface area contributed by atoms with Gasteiger partial charge in [-0.05, 0) is 31.5 Å². The minimum absolute atomic E-state index is 0.0344. The molecule has 2 N–H and O–H groups in total. The molecule has 1 aromatic carbocycles. The number of hydrogen-bond donors (Lipinski definition) is 2. The molecule has 6 heteroatoms. The number of hydrogen-bond acceptors (Lipinski definition) is 5. The van der Waals surface area contributed by atoms with Crippen LogP contribution in [-0.4, -0.2) is 33.9 Å². The van der Waals surface area contributed by atoms with Crippen molar-refractivity contribution in [2.24, 2.45) is 0 Å². The van der Waals surface area contributed by atoms with Crippen molar-refractivity contribution in [3.8, 4) is 0 Å². The molecule has 0 radical (unpaired) electrons. The summed E-state index contributed by atoms with van der Waals surface area (Å²) in [5.41, 5.74) is 9.13. The zero-order valence-electron chi connectivity index (χ0n) is 13.5. The zero-order valence-corrected chi connectivity index (χ0v) is 13.5. The third-order valence-corrected chi connectivity index (χ3v) is 4.76. The van der Waals surface area contributed by atoms with Gasteiger partial charge in [-0.1, -0.05) is 29.8 Å². The fourth-order valence-corrected chi connectivity index (χ4v) is 3.49. The van der Waals surface area contributed by atoms with Gasteiger partial charge in [0, 0.05) is 18.2 Å². The van der Waals surface area contributed by atoms with E-state index in [4.69, 9.17) is 0 Å². The summed E-state index contributed by atoms with van der Waals surface area (Å²) in [4.78, 5) is 30.8. The lowest BCUT2D eigenvalue weighted by Crippen LogP contribution is -2.49. The lowest BCUT2D eigenvalue weighted by molar-refractivity contribution is 0.0548. The lowest BCUT2D eigenvalue weighted by Gasteiger charge is -2.28. The molecule has 122 valence electrons. The molecule has 2 amide bonds. The van der Waals surface area contributed by atoms with Crippen molar-refractivity contribution >= 4 is 11.8 Å². The van der Waals surface area contributed by atoms with E-state index in [0.717, 1.165) is 5.56 Å². The molecular formula is C18H18N4O2. The van der Waals surface area contributed by atoms with Crippen molar-refractivity contribution in [3.05, 3.63) is 65.0 Å². The van der Waals surface area contributed by atoms with Crippen LogP contribution in [0.25, 0.3) is 0 Å². The van der Waals surface area contributed by atoms with Crippen LogP contribution in [0.5, 0.6) is 0 Å². The number of carbonyl (C=O) groups excluding carboxylic acids is 2. The van der Waals surface area contributed by atoms with Crippen molar-refractivity contribution in [3.63, 3.8) is 0 Å². The average Bonchev–Trinajstić information content (AvgIpc) is 3.07. The number of aromatic nitrogens is 1. The summed E-state index contributed by atoms with van der Waals surface area (Å²) in [6.45, 7) is 4.07. The highest BCUT2D eigenvalue weighted by molar-refractivity contribution is 6.20. The second-order valence-corrected chi connectivity index (χ2v) is 6.34. The van der Waals surface area contributed by atoms with Crippen LogP contribution in [0.15, 0.2) is 42.6 Å². The van der Waals surface area contributed by atoms with E-state index in [1.54, 1.807) is 12.1 Å². The summed E-state index contributed by atoms with van der Waals surface area (Å²) in [7, 11) is 0. The second kappa shape index (κ2) is 5.51. The molecule has 3 heterocycles. The van der Waals surface area contributed by atoms with Gasteiger partial charge in [-0.3, -0.25) is 24.9 Å². The van der Waals surface area contributed by atoms with Gasteiger partial charge in [0.25, 0.3) is 11.8 Å². The number of rotatable bonds is 2. The Morgan fingerprint density at radius 1 is 1.04 bits per heavy atom. The molecule has 4 rings (SSSR count). The van der Waals surface area contributed by atoms with Gasteiger partial charge in [0.05, 0.1) is 5.56 Å². The van der Waals surface area contributed by atoms with Crippen molar-refractivity contribution < 1.29 is 9.59 Å². The summed E-state index contributed by atoms with van der Waals surface area (Å²) in [6, 6.07) is 11.6. The van der Waals surface area contributed by atoms with Crippen molar-refractivity contribution in [1.82, 2.24) is 20.7 Å². The van der Waals surface area contributed by atoms with Crippen LogP contribution in [0.4, 0.5) is 0 Å². The van der Waals surface area contributed by atoms with E-state index in [1.807, 2.05) is 26.0 Å². The Kier molecular flexibility index (Phi) is 3.44. The first-order chi connectivity index (χ1) is 11.6. The molecule has 24 heavy (non-hydrogen) atoms. The van der Waals surface area contributed by atoms with Crippen LogP contribution in [0.2, 0.25) is 0 Å². The Labute approximate surface area is 139 Å². The Bertz CT molecular complexity index is 783. The third-order valence-electron chi connectivity index (χ3n) is 4.76. The first-order valence-electron chi connectivity index (χ1n) is 7.98. The molecule has 1 aromatic heterocycles. The van der Waals surface area contributed by atoms with Crippen molar-refractivity contribution in [2.45, 2.75) is 32.0 Å². The van der Waals surface area contributed by atoms with Crippen LogP contribution < -0.4 is 10.9 Å². The number of fused-ring (bicyclic) bond motifs is 1. The topological polar surface area (TPSA) is 74.3 Å². The number of pyridine rings is 1. The molecule has 2 aliphatic heterocycles. The van der Waals surface area contributed by atoms with Crippen molar-refractivity contribution in [2.75, 3.05) is 0 Å². The number of imide groups is 1. The molecule has 1 fully saturated rings. The van der Waals surface area contributed by atoms with Gasteiger partial charge in [0.2, 0.25) is 0 Å². The summed E-state index contributed by atoms with van der Waals surface area (Å²) in [5, 5.41) is 0. The SMILES string of the molecule is Cc1ccc(C2C(C)NNC2N2C(=O)c3cccnc3C2=O)cc1. The molecule has 2 aromatic rings. The van der Waals surface area contributed by atoms with E-state index in [-0.39, 0.29) is 29.5 Å². The summed E-state index contributed by atoms with van der Waals surface area (Å²) >= 11 is 0. The van der Waals surface area contributed by atoms with Crippen LogP contribution in [0.3, 0.4) is 0 Å². The summed E-state index contributed by atoms with van der Waals surface area (Å²) in [5.74, 6) is -0.678. The molecule has 3 unspecified atom stereocenters. The largest absolute Gasteiger partial charge is 0.281 e. The van der Waals surface area contributed by atoms with E-state index < -0.39 is 6.17 Å². The van der Waals surface area contributed by atoms with Crippen LogP contribution in [0, 0.1) is 6.92 Å². The highest BCUT2D eigenvalue weighted by atomic mass is 16.2. The molecule has 2 aliphatic rings. The first-order valence-corrected chi connectivity index (χ1v) is 7.98. The summed E-state index contributed by atoms with van der Waals surface area (Å²) in [6.07, 6.45) is 1.09. The Morgan fingerprint density at radius 3 is 2.50 bits per heavy atom. The van der Waals surface area contributed by atoms with Gasteiger partial charge in [0.15, 0.2) is 0 Å². The first kappa shape index (κ1) is 15.0. The standard InChI is InChI=1S/C18H18N4O2/c1-10-5-7-12(8-6-10)14-11(2)20-21-16(14)22-17(23)13-4-3-9-19-15(13)18(22)24/h3-9,11,14,16,20-21H,1-2H3. The number of hydrazine groups is 1. The maximum atomic E-state index is 12.7. The Hall–Kier alpha value is -2.57. The number of nitrogens with one attached hydrogen (secondary N) is 2. The molecule has 0 saturated carbocycles. The predicted octanol–water partition coefficient (Wildman–Crippen LogP) is 1.59. The number of nitrogens with zero attached hydrogens (tertiary/aromatic N) is 2. The highest BCUT2D eigenvalue weighted by Gasteiger charge is 2.47. The maximum absolute atomic E-state index is 12.7. The smallest absolute Gasteiger partial charge is 0.268 e. The number of amides is 2. The van der Waals surface area contributed by atoms with Gasteiger partial charge >= 0.3 is 0 Å². The lowest BCUT2D eigenvalue weighted by atomic mass is 9.90. The molecule has 0 spiro atoms. The summed E-state index contributed by atoms with van der Waals surface area (Å²) < 4.78 is 0. The molecule has 3 atom stereocenters. The predicted molar refractivity (Wildman–Crippen MR) is 88.2 cm³/mol. The minimum Gasteiger partial charge on any atom is -0.268 e.